The van der Waals surface area contributed by atoms with E-state index in [-0.39, 0.29) is 17.9 Å². The van der Waals surface area contributed by atoms with Crippen molar-refractivity contribution in [1.29, 1.82) is 0 Å². The fraction of sp³-hybridized carbons (Fsp3) is 0.409. The lowest BCUT2D eigenvalue weighted by Crippen LogP contribution is -2.38. The number of likely N-dealkylation sites (N-methyl/N-ethyl adjacent to an activating group) is 1. The number of nitrogens with zero attached hydrogens (tertiary/aromatic N) is 2. The van der Waals surface area contributed by atoms with Gasteiger partial charge in [0.1, 0.15) is 0 Å². The average Bonchev–Trinajstić information content (AvgIpc) is 3.08. The van der Waals surface area contributed by atoms with Gasteiger partial charge in [-0.3, -0.25) is 9.69 Å². The first-order valence-corrected chi connectivity index (χ1v) is 9.50. The van der Waals surface area contributed by atoms with Gasteiger partial charge in [0.15, 0.2) is 11.5 Å². The Morgan fingerprint density at radius 2 is 1.86 bits per heavy atom. The van der Waals surface area contributed by atoms with Gasteiger partial charge in [0.25, 0.3) is 0 Å². The molecule has 0 aliphatic carbocycles. The van der Waals surface area contributed by atoms with E-state index in [0.29, 0.717) is 24.6 Å². The molecule has 1 aliphatic heterocycles. The molecule has 1 aliphatic rings. The first kappa shape index (κ1) is 20.2. The summed E-state index contributed by atoms with van der Waals surface area (Å²) in [5.74, 6) is 1.65. The van der Waals surface area contributed by atoms with Crippen LogP contribution in [0, 0.1) is 0 Å². The molecule has 1 fully saturated rings. The molecule has 6 nitrogen and oxygen atoms in total. The molecule has 2 aromatic rings. The maximum absolute atomic E-state index is 12.8. The average molecular weight is 383 g/mol. The van der Waals surface area contributed by atoms with Crippen molar-refractivity contribution in [3.05, 3.63) is 59.7 Å². The van der Waals surface area contributed by atoms with Crippen LogP contribution in [0.2, 0.25) is 0 Å². The summed E-state index contributed by atoms with van der Waals surface area (Å²) in [7, 11) is 5.03. The number of likely N-dealkylation sites (tertiary alicyclic amines) is 1. The summed E-state index contributed by atoms with van der Waals surface area (Å²) in [6, 6.07) is 16.0. The van der Waals surface area contributed by atoms with Gasteiger partial charge in [-0.05, 0) is 11.6 Å². The Balaban J connectivity index is 1.61. The number of para-hydroxylation sites is 1. The van der Waals surface area contributed by atoms with Gasteiger partial charge in [0.2, 0.25) is 5.91 Å². The molecule has 3 rings (SSSR count). The summed E-state index contributed by atoms with van der Waals surface area (Å²) in [6.07, 6.45) is 0. The lowest BCUT2D eigenvalue weighted by molar-refractivity contribution is -0.131. The molecule has 2 aromatic carbocycles. The largest absolute Gasteiger partial charge is 0.493 e. The number of hydrogen-bond acceptors (Lipinski definition) is 5. The zero-order valence-electron chi connectivity index (χ0n) is 16.8. The Labute approximate surface area is 166 Å². The van der Waals surface area contributed by atoms with Crippen molar-refractivity contribution >= 4 is 5.91 Å². The molecule has 2 atom stereocenters. The first-order chi connectivity index (χ1) is 13.5. The molecule has 0 spiro atoms. The van der Waals surface area contributed by atoms with Gasteiger partial charge in [0.05, 0.1) is 20.8 Å². The highest BCUT2D eigenvalue weighted by Crippen LogP contribution is 2.31. The minimum Gasteiger partial charge on any atom is -0.493 e. The number of nitrogens with two attached hydrogens (primary N) is 1. The number of hydrogen-bond donors (Lipinski definition) is 1. The van der Waals surface area contributed by atoms with Crippen LogP contribution in [-0.2, 0) is 11.3 Å². The Hall–Kier alpha value is -2.57. The standard InChI is InChI=1S/C22H29N3O3/c1-24(12-17-10-7-11-20(27-2)22(17)28-3)21(26)15-25-13-18(19(23)14-25)16-8-5-4-6-9-16/h4-11,18-19H,12-15,23H2,1-3H3/t18-,19+/m0/s1. The number of carbonyl (C=O) groups is 1. The van der Waals surface area contributed by atoms with Crippen LogP contribution in [-0.4, -0.2) is 62.7 Å². The van der Waals surface area contributed by atoms with Crippen LogP contribution in [0.4, 0.5) is 0 Å². The minimum atomic E-state index is 0.0407. The molecule has 0 saturated carbocycles. The molecule has 1 saturated heterocycles. The van der Waals surface area contributed by atoms with Gasteiger partial charge in [-0.2, -0.15) is 0 Å². The molecule has 150 valence electrons. The molecule has 1 heterocycles. The number of rotatable bonds is 7. The maximum Gasteiger partial charge on any atom is 0.236 e. The number of benzene rings is 2. The predicted molar refractivity (Wildman–Crippen MR) is 110 cm³/mol. The fourth-order valence-electron chi connectivity index (χ4n) is 3.83. The van der Waals surface area contributed by atoms with Crippen molar-refractivity contribution in [2.45, 2.75) is 18.5 Å². The van der Waals surface area contributed by atoms with Crippen molar-refractivity contribution in [3.63, 3.8) is 0 Å². The van der Waals surface area contributed by atoms with Crippen molar-refractivity contribution in [2.75, 3.05) is 40.9 Å². The van der Waals surface area contributed by atoms with E-state index >= 15 is 0 Å². The minimum absolute atomic E-state index is 0.0407. The Kier molecular flexibility index (Phi) is 6.54. The summed E-state index contributed by atoms with van der Waals surface area (Å²) in [5, 5.41) is 0. The quantitative estimate of drug-likeness (QED) is 0.793. The highest BCUT2D eigenvalue weighted by molar-refractivity contribution is 5.78. The fourth-order valence-corrected chi connectivity index (χ4v) is 3.83. The monoisotopic (exact) mass is 383 g/mol. The van der Waals surface area contributed by atoms with Gasteiger partial charge in [-0.15, -0.1) is 0 Å². The van der Waals surface area contributed by atoms with Gasteiger partial charge in [-0.1, -0.05) is 42.5 Å². The van der Waals surface area contributed by atoms with Gasteiger partial charge < -0.3 is 20.1 Å². The van der Waals surface area contributed by atoms with Crippen LogP contribution in [0.15, 0.2) is 48.5 Å². The lowest BCUT2D eigenvalue weighted by atomic mass is 9.95. The lowest BCUT2D eigenvalue weighted by Gasteiger charge is -2.23. The predicted octanol–water partition coefficient (Wildman–Crippen LogP) is 2.09. The maximum atomic E-state index is 12.8. The van der Waals surface area contributed by atoms with Crippen LogP contribution in [0.3, 0.4) is 0 Å². The van der Waals surface area contributed by atoms with E-state index in [4.69, 9.17) is 15.2 Å². The van der Waals surface area contributed by atoms with Crippen molar-refractivity contribution in [2.24, 2.45) is 5.73 Å². The molecule has 1 amide bonds. The van der Waals surface area contributed by atoms with Crippen molar-refractivity contribution < 1.29 is 14.3 Å². The Morgan fingerprint density at radius 3 is 2.54 bits per heavy atom. The second kappa shape index (κ2) is 9.08. The van der Waals surface area contributed by atoms with Gasteiger partial charge >= 0.3 is 0 Å². The summed E-state index contributed by atoms with van der Waals surface area (Å²) in [5.41, 5.74) is 8.50. The number of ether oxygens (including phenoxy) is 2. The highest BCUT2D eigenvalue weighted by atomic mass is 16.5. The summed E-state index contributed by atoms with van der Waals surface area (Å²) >= 11 is 0. The van der Waals surface area contributed by atoms with Crippen LogP contribution < -0.4 is 15.2 Å². The van der Waals surface area contributed by atoms with Crippen LogP contribution >= 0.6 is 0 Å². The topological polar surface area (TPSA) is 68.0 Å². The number of carbonyl (C=O) groups excluding carboxylic acids is 1. The van der Waals surface area contributed by atoms with E-state index in [0.717, 1.165) is 18.7 Å². The smallest absolute Gasteiger partial charge is 0.236 e. The van der Waals surface area contributed by atoms with Crippen LogP contribution in [0.1, 0.15) is 17.0 Å². The van der Waals surface area contributed by atoms with Crippen LogP contribution in [0.25, 0.3) is 0 Å². The van der Waals surface area contributed by atoms with Crippen molar-refractivity contribution in [1.82, 2.24) is 9.80 Å². The van der Waals surface area contributed by atoms with Gasteiger partial charge in [0, 0.05) is 44.2 Å². The van der Waals surface area contributed by atoms with E-state index in [1.54, 1.807) is 19.1 Å². The zero-order valence-corrected chi connectivity index (χ0v) is 16.8. The third kappa shape index (κ3) is 4.46. The number of amides is 1. The molecule has 0 aromatic heterocycles. The van der Waals surface area contributed by atoms with Crippen molar-refractivity contribution in [3.8, 4) is 11.5 Å². The molecule has 0 radical (unpaired) electrons. The van der Waals surface area contributed by atoms with E-state index < -0.39 is 0 Å². The Bertz CT molecular complexity index is 797. The first-order valence-electron chi connectivity index (χ1n) is 9.50. The second-order valence-corrected chi connectivity index (χ2v) is 7.28. The molecule has 2 N–H and O–H groups in total. The van der Waals surface area contributed by atoms with Gasteiger partial charge in [-0.25, -0.2) is 0 Å². The molecule has 28 heavy (non-hydrogen) atoms. The molecule has 6 heteroatoms. The van der Waals surface area contributed by atoms with E-state index in [1.165, 1.54) is 5.56 Å². The van der Waals surface area contributed by atoms with E-state index in [9.17, 15) is 4.79 Å². The highest BCUT2D eigenvalue weighted by Gasteiger charge is 2.32. The van der Waals surface area contributed by atoms with E-state index in [2.05, 4.69) is 17.0 Å². The summed E-state index contributed by atoms with van der Waals surface area (Å²) in [6.45, 7) is 2.34. The SMILES string of the molecule is COc1cccc(CN(C)C(=O)CN2C[C@@H](N)[C@H](c3ccccc3)C2)c1OC. The zero-order chi connectivity index (χ0) is 20.1. The third-order valence-electron chi connectivity index (χ3n) is 5.35. The summed E-state index contributed by atoms with van der Waals surface area (Å²) < 4.78 is 10.8. The van der Waals surface area contributed by atoms with Crippen LogP contribution in [0.5, 0.6) is 11.5 Å². The normalized spacial score (nSPS) is 19.4. The third-order valence-corrected chi connectivity index (χ3v) is 5.35. The second-order valence-electron chi connectivity index (χ2n) is 7.28. The van der Waals surface area contributed by atoms with E-state index in [1.807, 2.05) is 43.4 Å². The number of methoxy groups -OCH3 is 2. The summed E-state index contributed by atoms with van der Waals surface area (Å²) in [4.78, 5) is 16.6. The molecule has 0 unspecified atom stereocenters. The molecular formula is C22H29N3O3. The Morgan fingerprint density at radius 1 is 1.11 bits per heavy atom. The molecular weight excluding hydrogens is 354 g/mol. The molecule has 0 bridgehead atoms.